The monoisotopic (exact) mass is 324 g/mol. The Morgan fingerprint density at radius 3 is 1.64 bits per heavy atom. The second kappa shape index (κ2) is 7.42. The van der Waals surface area contributed by atoms with E-state index in [1.807, 2.05) is 0 Å². The Balaban J connectivity index is 2.29. The lowest BCUT2D eigenvalue weighted by molar-refractivity contribution is 0.0147. The van der Waals surface area contributed by atoms with Gasteiger partial charge in [0.05, 0.1) is 6.61 Å². The van der Waals surface area contributed by atoms with Gasteiger partial charge in [0.1, 0.15) is 17.6 Å². The first-order valence-electron chi connectivity index (χ1n) is 6.61. The quantitative estimate of drug-likeness (QED) is 0.674. The first-order valence-corrected chi connectivity index (χ1v) is 8.22. The van der Waals surface area contributed by atoms with Crippen LogP contribution in [0.2, 0.25) is 0 Å². The molecular formula is C15H17O6P. The molecule has 0 aliphatic heterocycles. The lowest BCUT2D eigenvalue weighted by Crippen LogP contribution is -2.32. The van der Waals surface area contributed by atoms with Gasteiger partial charge >= 0.3 is 7.60 Å². The van der Waals surface area contributed by atoms with Crippen molar-refractivity contribution in [2.45, 2.75) is 11.9 Å². The standard InChI is InChI=1S/C15H17O6P/c16-11-14(17)15(18)22(19,20-12-7-3-1-4-8-12)21-13-9-5-2-6-10-13/h1-10,14-18H,11H2/t14-,15+/m0/s1. The summed E-state index contributed by atoms with van der Waals surface area (Å²) in [5.74, 6) is -1.46. The van der Waals surface area contributed by atoms with Crippen LogP contribution in [0.5, 0.6) is 11.5 Å². The van der Waals surface area contributed by atoms with Crippen LogP contribution in [-0.4, -0.2) is 33.9 Å². The first kappa shape index (κ1) is 16.5. The molecule has 2 aromatic carbocycles. The largest absolute Gasteiger partial charge is 0.461 e. The Morgan fingerprint density at radius 1 is 0.864 bits per heavy atom. The van der Waals surface area contributed by atoms with E-state index >= 15 is 0 Å². The van der Waals surface area contributed by atoms with Gasteiger partial charge in [-0.25, -0.2) is 4.57 Å². The van der Waals surface area contributed by atoms with E-state index in [2.05, 4.69) is 0 Å². The van der Waals surface area contributed by atoms with Gasteiger partial charge in [-0.3, -0.25) is 0 Å². The summed E-state index contributed by atoms with van der Waals surface area (Å²) in [5.41, 5.74) is 0. The summed E-state index contributed by atoms with van der Waals surface area (Å²) >= 11 is 0. The summed E-state index contributed by atoms with van der Waals surface area (Å²) in [7, 11) is -4.18. The molecule has 0 saturated carbocycles. The zero-order chi connectivity index (χ0) is 16.0. The fraction of sp³-hybridized carbons (Fsp3) is 0.200. The van der Waals surface area contributed by atoms with Crippen LogP contribution in [0.15, 0.2) is 60.7 Å². The van der Waals surface area contributed by atoms with Crippen molar-refractivity contribution in [3.05, 3.63) is 60.7 Å². The fourth-order valence-corrected chi connectivity index (χ4v) is 3.29. The number of para-hydroxylation sites is 2. The van der Waals surface area contributed by atoms with Gasteiger partial charge in [0.25, 0.3) is 0 Å². The van der Waals surface area contributed by atoms with E-state index in [1.165, 1.54) is 0 Å². The third-order valence-electron chi connectivity index (χ3n) is 2.81. The summed E-state index contributed by atoms with van der Waals surface area (Å²) in [6.45, 7) is -0.776. The Labute approximate surface area is 128 Å². The predicted octanol–water partition coefficient (Wildman–Crippen LogP) is 2.01. The molecule has 0 aliphatic carbocycles. The Bertz CT molecular complexity index is 573. The van der Waals surface area contributed by atoms with Gasteiger partial charge in [-0.15, -0.1) is 0 Å². The minimum absolute atomic E-state index is 0.214. The summed E-state index contributed by atoms with van der Waals surface area (Å²) in [6.07, 6.45) is -1.65. The predicted molar refractivity (Wildman–Crippen MR) is 80.8 cm³/mol. The van der Waals surface area contributed by atoms with E-state index < -0.39 is 26.2 Å². The van der Waals surface area contributed by atoms with E-state index in [0.29, 0.717) is 0 Å². The molecule has 0 fully saturated rings. The third-order valence-corrected chi connectivity index (χ3v) is 4.73. The van der Waals surface area contributed by atoms with E-state index in [-0.39, 0.29) is 11.5 Å². The molecule has 6 nitrogen and oxygen atoms in total. The maximum atomic E-state index is 12.9. The minimum Gasteiger partial charge on any atom is -0.414 e. The van der Waals surface area contributed by atoms with Crippen molar-refractivity contribution < 1.29 is 28.9 Å². The lowest BCUT2D eigenvalue weighted by atomic mass is 10.3. The van der Waals surface area contributed by atoms with Crippen molar-refractivity contribution in [3.8, 4) is 11.5 Å². The van der Waals surface area contributed by atoms with Crippen LogP contribution in [0.3, 0.4) is 0 Å². The average molecular weight is 324 g/mol. The van der Waals surface area contributed by atoms with Gasteiger partial charge < -0.3 is 24.4 Å². The molecule has 2 aromatic rings. The van der Waals surface area contributed by atoms with Crippen LogP contribution in [0.4, 0.5) is 0 Å². The molecule has 2 atom stereocenters. The number of aliphatic hydroxyl groups excluding tert-OH is 3. The topological polar surface area (TPSA) is 96.2 Å². The zero-order valence-electron chi connectivity index (χ0n) is 11.6. The van der Waals surface area contributed by atoms with E-state index in [4.69, 9.17) is 14.2 Å². The number of hydrogen-bond acceptors (Lipinski definition) is 6. The Morgan fingerprint density at radius 2 is 1.27 bits per heavy atom. The van der Waals surface area contributed by atoms with Gasteiger partial charge in [-0.05, 0) is 24.3 Å². The van der Waals surface area contributed by atoms with Crippen LogP contribution < -0.4 is 9.05 Å². The average Bonchev–Trinajstić information content (AvgIpc) is 2.55. The van der Waals surface area contributed by atoms with E-state index in [1.54, 1.807) is 60.7 Å². The number of benzene rings is 2. The van der Waals surface area contributed by atoms with Gasteiger partial charge in [0.15, 0.2) is 0 Å². The molecular weight excluding hydrogens is 307 g/mol. The Kier molecular flexibility index (Phi) is 5.57. The molecule has 0 aliphatic rings. The van der Waals surface area contributed by atoms with Crippen molar-refractivity contribution in [1.29, 1.82) is 0 Å². The van der Waals surface area contributed by atoms with Gasteiger partial charge in [-0.2, -0.15) is 0 Å². The molecule has 22 heavy (non-hydrogen) atoms. The number of hydrogen-bond donors (Lipinski definition) is 3. The molecule has 0 radical (unpaired) electrons. The highest BCUT2D eigenvalue weighted by Crippen LogP contribution is 2.52. The SMILES string of the molecule is O=P(Oc1ccccc1)(Oc1ccccc1)[C@@H](O)[C@@H](O)CO. The van der Waals surface area contributed by atoms with Crippen molar-refractivity contribution in [3.63, 3.8) is 0 Å². The molecule has 0 saturated heterocycles. The van der Waals surface area contributed by atoms with Gasteiger partial charge in [0.2, 0.25) is 5.85 Å². The van der Waals surface area contributed by atoms with E-state index in [9.17, 15) is 14.8 Å². The first-order chi connectivity index (χ1) is 10.5. The van der Waals surface area contributed by atoms with Crippen molar-refractivity contribution in [1.82, 2.24) is 0 Å². The molecule has 3 N–H and O–H groups in total. The maximum Gasteiger partial charge on any atom is 0.461 e. The van der Waals surface area contributed by atoms with Gasteiger partial charge in [0, 0.05) is 0 Å². The number of aliphatic hydroxyl groups is 3. The molecule has 118 valence electrons. The molecule has 0 heterocycles. The fourth-order valence-electron chi connectivity index (χ4n) is 1.69. The molecule has 7 heteroatoms. The van der Waals surface area contributed by atoms with Gasteiger partial charge in [-0.1, -0.05) is 36.4 Å². The van der Waals surface area contributed by atoms with Crippen LogP contribution in [0, 0.1) is 0 Å². The highest BCUT2D eigenvalue weighted by molar-refractivity contribution is 7.55. The maximum absolute atomic E-state index is 12.9. The summed E-state index contributed by atoms with van der Waals surface area (Å²) in [4.78, 5) is 0. The zero-order valence-corrected chi connectivity index (χ0v) is 12.5. The summed E-state index contributed by atoms with van der Waals surface area (Å²) in [6, 6.07) is 16.3. The summed E-state index contributed by atoms with van der Waals surface area (Å²) < 4.78 is 23.5. The van der Waals surface area contributed by atoms with Crippen LogP contribution in [0.1, 0.15) is 0 Å². The van der Waals surface area contributed by atoms with Crippen molar-refractivity contribution in [2.24, 2.45) is 0 Å². The Hall–Kier alpha value is -1.85. The van der Waals surface area contributed by atoms with E-state index in [0.717, 1.165) is 0 Å². The van der Waals surface area contributed by atoms with Crippen LogP contribution in [0.25, 0.3) is 0 Å². The molecule has 0 bridgehead atoms. The smallest absolute Gasteiger partial charge is 0.414 e. The minimum atomic E-state index is -4.18. The molecule has 0 spiro atoms. The van der Waals surface area contributed by atoms with Crippen molar-refractivity contribution in [2.75, 3.05) is 6.61 Å². The molecule has 0 aromatic heterocycles. The highest BCUT2D eigenvalue weighted by atomic mass is 31.2. The molecule has 2 rings (SSSR count). The highest BCUT2D eigenvalue weighted by Gasteiger charge is 2.42. The lowest BCUT2D eigenvalue weighted by Gasteiger charge is -2.26. The molecule has 0 unspecified atom stereocenters. The summed E-state index contributed by atoms with van der Waals surface area (Å²) in [5, 5.41) is 28.6. The second-order valence-corrected chi connectivity index (χ2v) is 6.49. The second-order valence-electron chi connectivity index (χ2n) is 4.51. The normalized spacial score (nSPS) is 14.1. The van der Waals surface area contributed by atoms with Crippen molar-refractivity contribution >= 4 is 7.60 Å². The third kappa shape index (κ3) is 4.08. The molecule has 0 amide bonds. The van der Waals surface area contributed by atoms with Crippen LogP contribution in [-0.2, 0) is 4.57 Å². The number of rotatable bonds is 7. The van der Waals surface area contributed by atoms with Crippen LogP contribution >= 0.6 is 7.60 Å².